The predicted molar refractivity (Wildman–Crippen MR) is 95.4 cm³/mol. The van der Waals surface area contributed by atoms with Gasteiger partial charge in [0, 0.05) is 44.1 Å². The molecule has 2 aromatic rings. The fourth-order valence-electron chi connectivity index (χ4n) is 2.93. The molecule has 2 heterocycles. The minimum atomic E-state index is -3.39. The summed E-state index contributed by atoms with van der Waals surface area (Å²) in [5, 5.41) is 0. The molecule has 1 aromatic heterocycles. The molecule has 3 rings (SSSR count). The van der Waals surface area contributed by atoms with Crippen LogP contribution in [0.15, 0.2) is 54.9 Å². The molecule has 0 bridgehead atoms. The van der Waals surface area contributed by atoms with Gasteiger partial charge in [0.2, 0.25) is 10.0 Å². The molecule has 0 radical (unpaired) electrons. The van der Waals surface area contributed by atoms with Gasteiger partial charge in [-0.2, -0.15) is 4.31 Å². The van der Waals surface area contributed by atoms with Crippen molar-refractivity contribution in [3.8, 4) is 0 Å². The third kappa shape index (κ3) is 4.43. The molecular formula is C18H21N3O3S. The Hall–Kier alpha value is -2.25. The number of hydrogen-bond donors (Lipinski definition) is 0. The van der Waals surface area contributed by atoms with E-state index in [0.29, 0.717) is 38.2 Å². The topological polar surface area (TPSA) is 70.6 Å². The lowest BCUT2D eigenvalue weighted by atomic mass is 10.2. The molecule has 0 saturated carbocycles. The van der Waals surface area contributed by atoms with Gasteiger partial charge in [0.05, 0.1) is 5.75 Å². The van der Waals surface area contributed by atoms with Gasteiger partial charge in [-0.05, 0) is 24.1 Å². The molecule has 7 heteroatoms. The van der Waals surface area contributed by atoms with Crippen LogP contribution in [0.3, 0.4) is 0 Å². The van der Waals surface area contributed by atoms with Crippen LogP contribution in [-0.2, 0) is 15.8 Å². The highest BCUT2D eigenvalue weighted by Crippen LogP contribution is 2.15. The van der Waals surface area contributed by atoms with Crippen molar-refractivity contribution >= 4 is 15.9 Å². The number of carbonyl (C=O) groups is 1. The number of nitrogens with zero attached hydrogens (tertiary/aromatic N) is 3. The smallest absolute Gasteiger partial charge is 0.254 e. The molecule has 1 aliphatic rings. The van der Waals surface area contributed by atoms with Gasteiger partial charge in [-0.25, -0.2) is 8.42 Å². The highest BCUT2D eigenvalue weighted by atomic mass is 32.2. The molecule has 0 spiro atoms. The molecule has 25 heavy (non-hydrogen) atoms. The van der Waals surface area contributed by atoms with Crippen molar-refractivity contribution in [1.82, 2.24) is 14.2 Å². The van der Waals surface area contributed by atoms with E-state index in [9.17, 15) is 13.2 Å². The number of rotatable bonds is 4. The quantitative estimate of drug-likeness (QED) is 0.834. The van der Waals surface area contributed by atoms with Crippen LogP contribution in [0.5, 0.6) is 0 Å². The second-order valence-corrected chi connectivity index (χ2v) is 7.99. The lowest BCUT2D eigenvalue weighted by Crippen LogP contribution is -2.37. The van der Waals surface area contributed by atoms with Crippen molar-refractivity contribution in [3.63, 3.8) is 0 Å². The van der Waals surface area contributed by atoms with Gasteiger partial charge < -0.3 is 4.90 Å². The molecule has 1 aromatic carbocycles. The van der Waals surface area contributed by atoms with Crippen LogP contribution in [0, 0.1) is 0 Å². The van der Waals surface area contributed by atoms with Gasteiger partial charge in [-0.1, -0.05) is 30.3 Å². The van der Waals surface area contributed by atoms with Crippen LogP contribution < -0.4 is 0 Å². The number of aromatic nitrogens is 1. The molecule has 6 nitrogen and oxygen atoms in total. The van der Waals surface area contributed by atoms with Crippen molar-refractivity contribution in [3.05, 3.63) is 66.0 Å². The Morgan fingerprint density at radius 2 is 1.68 bits per heavy atom. The SMILES string of the molecule is O=C(c1ccncc1)N1CCCN(S(=O)(=O)Cc2ccccc2)CC1. The van der Waals surface area contributed by atoms with Crippen LogP contribution in [0.4, 0.5) is 0 Å². The predicted octanol–water partition coefficient (Wildman–Crippen LogP) is 1.76. The summed E-state index contributed by atoms with van der Waals surface area (Å²) in [6, 6.07) is 12.5. The number of carbonyl (C=O) groups excluding carboxylic acids is 1. The second-order valence-electron chi connectivity index (χ2n) is 6.02. The van der Waals surface area contributed by atoms with Crippen molar-refractivity contribution in [1.29, 1.82) is 0 Å². The Balaban J connectivity index is 1.66. The van der Waals surface area contributed by atoms with Crippen LogP contribution in [-0.4, -0.2) is 54.7 Å². The Morgan fingerprint density at radius 3 is 2.40 bits per heavy atom. The monoisotopic (exact) mass is 359 g/mol. The Kier molecular flexibility index (Phi) is 5.45. The molecule has 1 aliphatic heterocycles. The van der Waals surface area contributed by atoms with Gasteiger partial charge in [0.25, 0.3) is 5.91 Å². The van der Waals surface area contributed by atoms with E-state index in [0.717, 1.165) is 5.56 Å². The van der Waals surface area contributed by atoms with E-state index in [4.69, 9.17) is 0 Å². The van der Waals surface area contributed by atoms with Gasteiger partial charge in [0.1, 0.15) is 0 Å². The number of pyridine rings is 1. The first kappa shape index (κ1) is 17.6. The average molecular weight is 359 g/mol. The first-order chi connectivity index (χ1) is 12.1. The summed E-state index contributed by atoms with van der Waals surface area (Å²) < 4.78 is 26.8. The van der Waals surface area contributed by atoms with E-state index in [1.807, 2.05) is 30.3 Å². The second kappa shape index (κ2) is 7.76. The molecule has 1 saturated heterocycles. The normalized spacial score (nSPS) is 16.4. The zero-order valence-electron chi connectivity index (χ0n) is 13.9. The van der Waals surface area contributed by atoms with Gasteiger partial charge in [-0.15, -0.1) is 0 Å². The highest BCUT2D eigenvalue weighted by Gasteiger charge is 2.27. The summed E-state index contributed by atoms with van der Waals surface area (Å²) in [6.07, 6.45) is 3.80. The Morgan fingerprint density at radius 1 is 0.960 bits per heavy atom. The minimum Gasteiger partial charge on any atom is -0.337 e. The van der Waals surface area contributed by atoms with Crippen LogP contribution in [0.1, 0.15) is 22.3 Å². The summed E-state index contributed by atoms with van der Waals surface area (Å²) in [5.41, 5.74) is 1.35. The maximum atomic E-state index is 12.7. The van der Waals surface area contributed by atoms with Gasteiger partial charge in [-0.3, -0.25) is 9.78 Å². The largest absolute Gasteiger partial charge is 0.337 e. The maximum Gasteiger partial charge on any atom is 0.254 e. The summed E-state index contributed by atoms with van der Waals surface area (Å²) in [7, 11) is -3.39. The number of amides is 1. The fraction of sp³-hybridized carbons (Fsp3) is 0.333. The van der Waals surface area contributed by atoms with Gasteiger partial charge in [0.15, 0.2) is 0 Å². The molecule has 0 N–H and O–H groups in total. The molecule has 0 atom stereocenters. The lowest BCUT2D eigenvalue weighted by molar-refractivity contribution is 0.0764. The summed E-state index contributed by atoms with van der Waals surface area (Å²) in [5.74, 6) is -0.0868. The van der Waals surface area contributed by atoms with E-state index in [1.54, 1.807) is 29.4 Å². The average Bonchev–Trinajstić information content (AvgIpc) is 2.89. The molecule has 132 valence electrons. The molecule has 0 aliphatic carbocycles. The third-order valence-corrected chi connectivity index (χ3v) is 6.10. The summed E-state index contributed by atoms with van der Waals surface area (Å²) in [6.45, 7) is 1.72. The lowest BCUT2D eigenvalue weighted by Gasteiger charge is -2.22. The van der Waals surface area contributed by atoms with Crippen LogP contribution >= 0.6 is 0 Å². The summed E-state index contributed by atoms with van der Waals surface area (Å²) in [4.78, 5) is 18.2. The van der Waals surface area contributed by atoms with E-state index in [2.05, 4.69) is 4.98 Å². The molecule has 1 amide bonds. The molecular weight excluding hydrogens is 338 g/mol. The minimum absolute atomic E-state index is 0.00780. The Bertz CT molecular complexity index is 810. The third-order valence-electron chi connectivity index (χ3n) is 4.25. The first-order valence-corrected chi connectivity index (χ1v) is 9.88. The maximum absolute atomic E-state index is 12.7. The van der Waals surface area contributed by atoms with Crippen molar-refractivity contribution in [2.24, 2.45) is 0 Å². The van der Waals surface area contributed by atoms with E-state index < -0.39 is 10.0 Å². The first-order valence-electron chi connectivity index (χ1n) is 8.27. The highest BCUT2D eigenvalue weighted by molar-refractivity contribution is 7.88. The van der Waals surface area contributed by atoms with Crippen LogP contribution in [0.25, 0.3) is 0 Å². The number of benzene rings is 1. The zero-order chi connectivity index (χ0) is 17.7. The van der Waals surface area contributed by atoms with Crippen LogP contribution in [0.2, 0.25) is 0 Å². The van der Waals surface area contributed by atoms with E-state index in [1.165, 1.54) is 4.31 Å². The van der Waals surface area contributed by atoms with Gasteiger partial charge >= 0.3 is 0 Å². The number of sulfonamides is 1. The summed E-state index contributed by atoms with van der Waals surface area (Å²) >= 11 is 0. The van der Waals surface area contributed by atoms with E-state index >= 15 is 0 Å². The van der Waals surface area contributed by atoms with Crippen molar-refractivity contribution < 1.29 is 13.2 Å². The number of hydrogen-bond acceptors (Lipinski definition) is 4. The van der Waals surface area contributed by atoms with E-state index in [-0.39, 0.29) is 11.7 Å². The Labute approximate surface area is 148 Å². The van der Waals surface area contributed by atoms with Crippen molar-refractivity contribution in [2.75, 3.05) is 26.2 Å². The fourth-order valence-corrected chi connectivity index (χ4v) is 4.49. The van der Waals surface area contributed by atoms with Crippen molar-refractivity contribution in [2.45, 2.75) is 12.2 Å². The standard InChI is InChI=1S/C18H21N3O3S/c22-18(17-7-9-19-10-8-17)20-11-4-12-21(14-13-20)25(23,24)15-16-5-2-1-3-6-16/h1-3,5-10H,4,11-15H2. The molecule has 0 unspecified atom stereocenters. The zero-order valence-corrected chi connectivity index (χ0v) is 14.7. The molecule has 1 fully saturated rings.